The SMILES string of the molecule is O=C(N[C@@H]1CCNC[C@H]1F)c1cccc(Br)n1. The first-order valence-electron chi connectivity index (χ1n) is 5.45. The molecule has 0 spiro atoms. The van der Waals surface area contributed by atoms with Crippen molar-refractivity contribution in [3.05, 3.63) is 28.5 Å². The number of pyridine rings is 1. The Morgan fingerprint density at radius 3 is 3.12 bits per heavy atom. The quantitative estimate of drug-likeness (QED) is 0.809. The zero-order chi connectivity index (χ0) is 12.3. The van der Waals surface area contributed by atoms with Gasteiger partial charge in [0.1, 0.15) is 16.5 Å². The minimum Gasteiger partial charge on any atom is -0.345 e. The number of amides is 1. The van der Waals surface area contributed by atoms with Gasteiger partial charge in [0.15, 0.2) is 0 Å². The van der Waals surface area contributed by atoms with E-state index in [2.05, 4.69) is 31.5 Å². The molecule has 0 unspecified atom stereocenters. The molecule has 1 saturated heterocycles. The Morgan fingerprint density at radius 1 is 1.59 bits per heavy atom. The highest BCUT2D eigenvalue weighted by Crippen LogP contribution is 2.10. The molecule has 4 nitrogen and oxygen atoms in total. The minimum absolute atomic E-state index is 0.289. The van der Waals surface area contributed by atoms with Crippen LogP contribution in [0.25, 0.3) is 0 Å². The van der Waals surface area contributed by atoms with Crippen molar-refractivity contribution in [3.8, 4) is 0 Å². The van der Waals surface area contributed by atoms with E-state index in [-0.39, 0.29) is 12.5 Å². The lowest BCUT2D eigenvalue weighted by atomic mass is 10.0. The highest BCUT2D eigenvalue weighted by atomic mass is 79.9. The van der Waals surface area contributed by atoms with Gasteiger partial charge in [-0.15, -0.1) is 0 Å². The number of nitrogens with zero attached hydrogens (tertiary/aromatic N) is 1. The summed E-state index contributed by atoms with van der Waals surface area (Å²) in [6.45, 7) is 1.01. The van der Waals surface area contributed by atoms with E-state index in [4.69, 9.17) is 0 Å². The predicted octanol–water partition coefficient (Wildman–Crippen LogP) is 1.27. The second kappa shape index (κ2) is 5.55. The Morgan fingerprint density at radius 2 is 2.41 bits per heavy atom. The van der Waals surface area contributed by atoms with Crippen molar-refractivity contribution in [3.63, 3.8) is 0 Å². The Labute approximate surface area is 107 Å². The van der Waals surface area contributed by atoms with Crippen LogP contribution in [0, 0.1) is 0 Å². The van der Waals surface area contributed by atoms with Crippen LogP contribution in [-0.4, -0.2) is 36.2 Å². The molecule has 0 aromatic carbocycles. The number of carbonyl (C=O) groups excluding carboxylic acids is 1. The Balaban J connectivity index is 2.01. The van der Waals surface area contributed by atoms with Gasteiger partial charge in [0.25, 0.3) is 5.91 Å². The van der Waals surface area contributed by atoms with Crippen LogP contribution in [0.2, 0.25) is 0 Å². The second-order valence-corrected chi connectivity index (χ2v) is 4.75. The van der Waals surface area contributed by atoms with Gasteiger partial charge in [-0.25, -0.2) is 9.37 Å². The molecule has 2 atom stereocenters. The second-order valence-electron chi connectivity index (χ2n) is 3.93. The maximum atomic E-state index is 13.5. The highest BCUT2D eigenvalue weighted by Gasteiger charge is 2.26. The molecular weight excluding hydrogens is 289 g/mol. The Hall–Kier alpha value is -1.01. The molecule has 0 radical (unpaired) electrons. The van der Waals surface area contributed by atoms with Gasteiger partial charge < -0.3 is 10.6 Å². The van der Waals surface area contributed by atoms with Gasteiger partial charge >= 0.3 is 0 Å². The van der Waals surface area contributed by atoms with Crippen LogP contribution >= 0.6 is 15.9 Å². The molecule has 6 heteroatoms. The molecule has 0 saturated carbocycles. The van der Waals surface area contributed by atoms with E-state index in [1.165, 1.54) is 0 Å². The monoisotopic (exact) mass is 301 g/mol. The lowest BCUT2D eigenvalue weighted by molar-refractivity contribution is 0.0887. The lowest BCUT2D eigenvalue weighted by Gasteiger charge is -2.27. The molecule has 0 aliphatic carbocycles. The number of halogens is 2. The van der Waals surface area contributed by atoms with Crippen LogP contribution in [0.15, 0.2) is 22.8 Å². The number of alkyl halides is 1. The van der Waals surface area contributed by atoms with Crippen molar-refractivity contribution in [2.45, 2.75) is 18.6 Å². The minimum atomic E-state index is -1.04. The fourth-order valence-corrected chi connectivity index (χ4v) is 2.10. The molecule has 17 heavy (non-hydrogen) atoms. The van der Waals surface area contributed by atoms with E-state index in [9.17, 15) is 9.18 Å². The first-order valence-corrected chi connectivity index (χ1v) is 6.24. The number of hydrogen-bond donors (Lipinski definition) is 2. The molecule has 1 aromatic rings. The molecule has 2 N–H and O–H groups in total. The van der Waals surface area contributed by atoms with Crippen LogP contribution in [-0.2, 0) is 0 Å². The van der Waals surface area contributed by atoms with Crippen LogP contribution in [0.4, 0.5) is 4.39 Å². The maximum absolute atomic E-state index is 13.5. The number of nitrogens with one attached hydrogen (secondary N) is 2. The fraction of sp³-hybridized carbons (Fsp3) is 0.455. The molecule has 1 aromatic heterocycles. The first kappa shape index (κ1) is 12.4. The van der Waals surface area contributed by atoms with E-state index in [1.807, 2.05) is 0 Å². The van der Waals surface area contributed by atoms with Crippen molar-refractivity contribution in [1.82, 2.24) is 15.6 Å². The van der Waals surface area contributed by atoms with Gasteiger partial charge in [-0.2, -0.15) is 0 Å². The van der Waals surface area contributed by atoms with Gasteiger partial charge in [0.05, 0.1) is 6.04 Å². The summed E-state index contributed by atoms with van der Waals surface area (Å²) in [5.74, 6) is -0.333. The normalized spacial score (nSPS) is 24.4. The van der Waals surface area contributed by atoms with Crippen molar-refractivity contribution in [2.24, 2.45) is 0 Å². The highest BCUT2D eigenvalue weighted by molar-refractivity contribution is 9.10. The van der Waals surface area contributed by atoms with Crippen molar-refractivity contribution >= 4 is 21.8 Å². The average molecular weight is 302 g/mol. The van der Waals surface area contributed by atoms with Crippen LogP contribution in [0.1, 0.15) is 16.9 Å². The van der Waals surface area contributed by atoms with Crippen molar-refractivity contribution in [2.75, 3.05) is 13.1 Å². The fourth-order valence-electron chi connectivity index (χ4n) is 1.76. The van der Waals surface area contributed by atoms with Crippen LogP contribution < -0.4 is 10.6 Å². The summed E-state index contributed by atoms with van der Waals surface area (Å²) in [4.78, 5) is 15.9. The summed E-state index contributed by atoms with van der Waals surface area (Å²) in [6.07, 6.45) is -0.444. The summed E-state index contributed by atoms with van der Waals surface area (Å²) >= 11 is 3.19. The van der Waals surface area contributed by atoms with E-state index >= 15 is 0 Å². The Kier molecular flexibility index (Phi) is 4.06. The van der Waals surface area contributed by atoms with Crippen molar-refractivity contribution in [1.29, 1.82) is 0 Å². The molecule has 1 aliphatic rings. The summed E-state index contributed by atoms with van der Waals surface area (Å²) in [7, 11) is 0. The zero-order valence-corrected chi connectivity index (χ0v) is 10.7. The smallest absolute Gasteiger partial charge is 0.270 e. The number of aromatic nitrogens is 1. The molecule has 92 valence electrons. The molecule has 1 fully saturated rings. The largest absolute Gasteiger partial charge is 0.345 e. The topological polar surface area (TPSA) is 54.0 Å². The standard InChI is InChI=1S/C11H13BrFN3O/c12-10-3-1-2-9(15-10)11(17)16-8-4-5-14-6-7(8)13/h1-3,7-8,14H,4-6H2,(H,16,17)/t7-,8-/m1/s1. The van der Waals surface area contributed by atoms with E-state index < -0.39 is 12.2 Å². The predicted molar refractivity (Wildman–Crippen MR) is 65.6 cm³/mol. The van der Waals surface area contributed by atoms with Gasteiger partial charge in [-0.3, -0.25) is 4.79 Å². The zero-order valence-electron chi connectivity index (χ0n) is 9.12. The third kappa shape index (κ3) is 3.23. The maximum Gasteiger partial charge on any atom is 0.270 e. The van der Waals surface area contributed by atoms with E-state index in [0.717, 1.165) is 6.54 Å². The van der Waals surface area contributed by atoms with Gasteiger partial charge in [-0.05, 0) is 41.0 Å². The molecule has 0 bridgehead atoms. The molecule has 2 heterocycles. The van der Waals surface area contributed by atoms with E-state index in [1.54, 1.807) is 18.2 Å². The average Bonchev–Trinajstić information content (AvgIpc) is 2.32. The lowest BCUT2D eigenvalue weighted by Crippen LogP contribution is -2.50. The summed E-state index contributed by atoms with van der Waals surface area (Å²) < 4.78 is 14.1. The number of hydrogen-bond acceptors (Lipinski definition) is 3. The number of carbonyl (C=O) groups is 1. The Bertz CT molecular complexity index is 415. The number of piperidine rings is 1. The molecule has 1 aliphatic heterocycles. The van der Waals surface area contributed by atoms with Crippen LogP contribution in [0.3, 0.4) is 0 Å². The van der Waals surface area contributed by atoms with E-state index in [0.29, 0.717) is 16.7 Å². The molecule has 1 amide bonds. The molecule has 2 rings (SSSR count). The number of rotatable bonds is 2. The third-order valence-corrected chi connectivity index (χ3v) is 3.11. The summed E-state index contributed by atoms with van der Waals surface area (Å²) in [5, 5.41) is 5.61. The first-order chi connectivity index (χ1) is 8.16. The van der Waals surface area contributed by atoms with Gasteiger partial charge in [0, 0.05) is 6.54 Å². The van der Waals surface area contributed by atoms with Crippen molar-refractivity contribution < 1.29 is 9.18 Å². The molecular formula is C11H13BrFN3O. The third-order valence-electron chi connectivity index (χ3n) is 2.67. The van der Waals surface area contributed by atoms with Gasteiger partial charge in [-0.1, -0.05) is 6.07 Å². The summed E-state index contributed by atoms with van der Waals surface area (Å²) in [6, 6.07) is 4.64. The summed E-state index contributed by atoms with van der Waals surface area (Å²) in [5.41, 5.74) is 0.296. The van der Waals surface area contributed by atoms with Crippen LogP contribution in [0.5, 0.6) is 0 Å². The van der Waals surface area contributed by atoms with Gasteiger partial charge in [0.2, 0.25) is 0 Å².